The minimum absolute atomic E-state index is 0.0851. The second kappa shape index (κ2) is 7.74. The van der Waals surface area contributed by atoms with Crippen molar-refractivity contribution in [3.8, 4) is 23.7 Å². The van der Waals surface area contributed by atoms with E-state index < -0.39 is 12.1 Å². The molecular weight excluding hydrogens is 363 g/mol. The molecule has 0 radical (unpaired) electrons. The zero-order valence-electron chi connectivity index (χ0n) is 13.7. The number of hydrogen-bond acceptors (Lipinski definition) is 6. The quantitative estimate of drug-likeness (QED) is 0.286. The first-order chi connectivity index (χ1) is 13.0. The van der Waals surface area contributed by atoms with E-state index in [0.717, 1.165) is 11.1 Å². The maximum atomic E-state index is 12.5. The number of hydrogen-bond donors (Lipinski definition) is 0. The zero-order chi connectivity index (χ0) is 19.3. The maximum absolute atomic E-state index is 12.5. The molecule has 3 rings (SSSR count). The van der Waals surface area contributed by atoms with E-state index in [4.69, 9.17) is 11.3 Å². The monoisotopic (exact) mass is 375 g/mol. The van der Waals surface area contributed by atoms with Gasteiger partial charge in [-0.15, -0.1) is 6.42 Å². The van der Waals surface area contributed by atoms with E-state index in [2.05, 4.69) is 30.8 Å². The molecular formula is C17H12F3N5O2. The lowest BCUT2D eigenvalue weighted by Crippen LogP contribution is -2.04. The fraction of sp³-hybridized carbons (Fsp3) is 0.176. The Balaban J connectivity index is 1.64. The summed E-state index contributed by atoms with van der Waals surface area (Å²) in [6, 6.07) is 6.70. The van der Waals surface area contributed by atoms with Crippen LogP contribution in [0.5, 0.6) is 0 Å². The Morgan fingerprint density at radius 1 is 1.30 bits per heavy atom. The third kappa shape index (κ3) is 4.72. The molecule has 0 aliphatic rings. The first-order valence-electron chi connectivity index (χ1n) is 7.57. The van der Waals surface area contributed by atoms with E-state index >= 15 is 0 Å². The maximum Gasteiger partial charge on any atom is 0.471 e. The molecule has 0 aliphatic carbocycles. The molecule has 0 unspecified atom stereocenters. The van der Waals surface area contributed by atoms with Gasteiger partial charge in [0.1, 0.15) is 0 Å². The molecule has 10 heteroatoms. The molecule has 2 aromatic heterocycles. The van der Waals surface area contributed by atoms with Crippen LogP contribution < -0.4 is 0 Å². The SMILES string of the molecule is C#CCON=Cc1cnn(Cc2ccc(-c3noc(C(F)(F)F)n3)cc2)c1. The molecule has 27 heavy (non-hydrogen) atoms. The number of halogens is 3. The van der Waals surface area contributed by atoms with Crippen LogP contribution >= 0.6 is 0 Å². The molecule has 0 amide bonds. The van der Waals surface area contributed by atoms with Gasteiger partial charge in [-0.25, -0.2) is 0 Å². The molecule has 0 saturated heterocycles. The van der Waals surface area contributed by atoms with E-state index in [0.29, 0.717) is 12.1 Å². The largest absolute Gasteiger partial charge is 0.471 e. The normalized spacial score (nSPS) is 11.6. The molecule has 0 aliphatic heterocycles. The number of rotatable bonds is 6. The second-order valence-corrected chi connectivity index (χ2v) is 5.30. The van der Waals surface area contributed by atoms with Gasteiger partial charge in [-0.3, -0.25) is 4.68 Å². The highest BCUT2D eigenvalue weighted by Gasteiger charge is 2.38. The van der Waals surface area contributed by atoms with Crippen LogP contribution in [0.25, 0.3) is 11.4 Å². The van der Waals surface area contributed by atoms with E-state index in [9.17, 15) is 13.2 Å². The lowest BCUT2D eigenvalue weighted by Gasteiger charge is -2.02. The molecule has 7 nitrogen and oxygen atoms in total. The van der Waals surface area contributed by atoms with Gasteiger partial charge in [-0.05, 0) is 5.56 Å². The van der Waals surface area contributed by atoms with Gasteiger partial charge in [0.2, 0.25) is 5.82 Å². The lowest BCUT2D eigenvalue weighted by molar-refractivity contribution is -0.159. The van der Waals surface area contributed by atoms with Crippen molar-refractivity contribution in [1.29, 1.82) is 0 Å². The average molecular weight is 375 g/mol. The molecule has 2 heterocycles. The highest BCUT2D eigenvalue weighted by molar-refractivity contribution is 5.78. The molecule has 138 valence electrons. The van der Waals surface area contributed by atoms with Gasteiger partial charge in [-0.2, -0.15) is 23.3 Å². The molecule has 0 spiro atoms. The molecule has 0 saturated carbocycles. The fourth-order valence-electron chi connectivity index (χ4n) is 2.11. The Labute approximate surface area is 151 Å². The van der Waals surface area contributed by atoms with E-state index in [1.165, 1.54) is 6.21 Å². The van der Waals surface area contributed by atoms with E-state index in [1.807, 2.05) is 0 Å². The number of nitrogens with zero attached hydrogens (tertiary/aromatic N) is 5. The van der Waals surface area contributed by atoms with Crippen LogP contribution in [0.1, 0.15) is 17.0 Å². The average Bonchev–Trinajstić information content (AvgIpc) is 3.29. The zero-order valence-corrected chi connectivity index (χ0v) is 13.7. The van der Waals surface area contributed by atoms with Crippen LogP contribution in [-0.4, -0.2) is 32.7 Å². The first-order valence-corrected chi connectivity index (χ1v) is 7.57. The summed E-state index contributed by atoms with van der Waals surface area (Å²) in [5.74, 6) is 0.787. The summed E-state index contributed by atoms with van der Waals surface area (Å²) in [4.78, 5) is 8.15. The van der Waals surface area contributed by atoms with Gasteiger partial charge in [0.15, 0.2) is 6.61 Å². The minimum atomic E-state index is -4.67. The van der Waals surface area contributed by atoms with Crippen molar-refractivity contribution in [1.82, 2.24) is 19.9 Å². The summed E-state index contributed by atoms with van der Waals surface area (Å²) in [5, 5.41) is 11.2. The topological polar surface area (TPSA) is 78.3 Å². The van der Waals surface area contributed by atoms with Crippen molar-refractivity contribution in [2.75, 3.05) is 6.61 Å². The Morgan fingerprint density at radius 3 is 2.74 bits per heavy atom. The van der Waals surface area contributed by atoms with Crippen molar-refractivity contribution >= 4 is 6.21 Å². The predicted molar refractivity (Wildman–Crippen MR) is 88.4 cm³/mol. The standard InChI is InChI=1S/C17H12F3N5O2/c1-2-7-26-22-9-13-8-21-25(11-13)10-12-3-5-14(6-4-12)15-23-16(27-24-15)17(18,19)20/h1,3-6,8-9,11H,7,10H2. The number of alkyl halides is 3. The van der Waals surface area contributed by atoms with Crippen LogP contribution in [-0.2, 0) is 17.6 Å². The number of oxime groups is 1. The van der Waals surface area contributed by atoms with Crippen LogP contribution in [0.3, 0.4) is 0 Å². The Hall–Kier alpha value is -3.61. The summed E-state index contributed by atoms with van der Waals surface area (Å²) in [6.45, 7) is 0.543. The van der Waals surface area contributed by atoms with Crippen molar-refractivity contribution in [2.45, 2.75) is 12.7 Å². The van der Waals surface area contributed by atoms with Gasteiger partial charge in [0, 0.05) is 17.3 Å². The number of terminal acetylenes is 1. The van der Waals surface area contributed by atoms with Crippen molar-refractivity contribution in [2.24, 2.45) is 5.16 Å². The second-order valence-electron chi connectivity index (χ2n) is 5.30. The summed E-state index contributed by atoms with van der Waals surface area (Å²) in [5.41, 5.74) is 2.03. The van der Waals surface area contributed by atoms with Gasteiger partial charge in [0.05, 0.1) is 19.0 Å². The summed E-state index contributed by atoms with van der Waals surface area (Å²) in [7, 11) is 0. The summed E-state index contributed by atoms with van der Waals surface area (Å²) >= 11 is 0. The minimum Gasteiger partial charge on any atom is -0.383 e. The summed E-state index contributed by atoms with van der Waals surface area (Å²) < 4.78 is 43.4. The predicted octanol–water partition coefficient (Wildman–Crippen LogP) is 2.98. The van der Waals surface area contributed by atoms with Crippen molar-refractivity contribution in [3.63, 3.8) is 0 Å². The third-order valence-electron chi connectivity index (χ3n) is 3.30. The van der Waals surface area contributed by atoms with Crippen molar-refractivity contribution < 1.29 is 22.5 Å². The molecule has 0 bridgehead atoms. The molecule has 0 atom stereocenters. The number of benzene rings is 1. The van der Waals surface area contributed by atoms with Gasteiger partial charge in [-0.1, -0.05) is 40.5 Å². The fourth-order valence-corrected chi connectivity index (χ4v) is 2.11. The van der Waals surface area contributed by atoms with Gasteiger partial charge < -0.3 is 9.36 Å². The lowest BCUT2D eigenvalue weighted by atomic mass is 10.1. The Morgan fingerprint density at radius 2 is 2.07 bits per heavy atom. The smallest absolute Gasteiger partial charge is 0.383 e. The Kier molecular flexibility index (Phi) is 5.21. The molecule has 3 aromatic rings. The highest BCUT2D eigenvalue weighted by atomic mass is 19.4. The Bertz CT molecular complexity index is 968. The first kappa shape index (κ1) is 18.2. The number of aromatic nitrogens is 4. The molecule has 0 N–H and O–H groups in total. The van der Waals surface area contributed by atoms with Gasteiger partial charge in [0.25, 0.3) is 0 Å². The van der Waals surface area contributed by atoms with Gasteiger partial charge >= 0.3 is 12.1 Å². The molecule has 0 fully saturated rings. The highest BCUT2D eigenvalue weighted by Crippen LogP contribution is 2.29. The van der Waals surface area contributed by atoms with E-state index in [1.54, 1.807) is 41.3 Å². The van der Waals surface area contributed by atoms with Crippen LogP contribution in [0.4, 0.5) is 13.2 Å². The molecule has 1 aromatic carbocycles. The third-order valence-corrected chi connectivity index (χ3v) is 3.30. The van der Waals surface area contributed by atoms with E-state index in [-0.39, 0.29) is 12.4 Å². The van der Waals surface area contributed by atoms with Crippen molar-refractivity contribution in [3.05, 3.63) is 53.7 Å². The van der Waals surface area contributed by atoms with Crippen LogP contribution in [0, 0.1) is 12.3 Å². The van der Waals surface area contributed by atoms with Crippen LogP contribution in [0.2, 0.25) is 0 Å². The summed E-state index contributed by atoms with van der Waals surface area (Å²) in [6.07, 6.45) is 5.22. The van der Waals surface area contributed by atoms with Crippen LogP contribution in [0.15, 0.2) is 46.3 Å².